The van der Waals surface area contributed by atoms with Gasteiger partial charge in [-0.15, -0.1) is 0 Å². The van der Waals surface area contributed by atoms with Gasteiger partial charge in [-0.25, -0.2) is 10.6 Å². The zero-order valence-corrected chi connectivity index (χ0v) is 8.03. The molecule has 0 radical (unpaired) electrons. The number of hydrogen-bond acceptors (Lipinski definition) is 3. The molecule has 0 aliphatic rings. The quantitative estimate of drug-likeness (QED) is 0.709. The van der Waals surface area contributed by atoms with Gasteiger partial charge in [-0.05, 0) is 5.56 Å². The molecule has 0 saturated carbocycles. The summed E-state index contributed by atoms with van der Waals surface area (Å²) in [5.41, 5.74) is 0.966. The van der Waals surface area contributed by atoms with E-state index < -0.39 is 0 Å². The maximum Gasteiger partial charge on any atom is 0.0771 e. The summed E-state index contributed by atoms with van der Waals surface area (Å²) in [6, 6.07) is 0. The van der Waals surface area contributed by atoms with E-state index in [-0.39, 0.29) is 5.41 Å². The topological polar surface area (TPSA) is 53.1 Å². The first-order valence-corrected chi connectivity index (χ1v) is 4.09. The molecule has 0 saturated heterocycles. The van der Waals surface area contributed by atoms with Crippen LogP contribution in [0.2, 0.25) is 0 Å². The number of hydrogen-bond donors (Lipinski definition) is 1. The van der Waals surface area contributed by atoms with Gasteiger partial charge >= 0.3 is 0 Å². The summed E-state index contributed by atoms with van der Waals surface area (Å²) >= 11 is 0. The fourth-order valence-corrected chi connectivity index (χ4v) is 1.08. The van der Waals surface area contributed by atoms with E-state index >= 15 is 0 Å². The molecule has 72 valence electrons. The minimum atomic E-state index is -0.115. The van der Waals surface area contributed by atoms with Crippen molar-refractivity contribution >= 4 is 6.20 Å². The van der Waals surface area contributed by atoms with E-state index in [0.29, 0.717) is 6.61 Å². The summed E-state index contributed by atoms with van der Waals surface area (Å²) in [7, 11) is 0. The molecule has 0 spiro atoms. The summed E-state index contributed by atoms with van der Waals surface area (Å²) in [6.07, 6.45) is 5.34. The second-order valence-electron chi connectivity index (χ2n) is 3.59. The van der Waals surface area contributed by atoms with Crippen molar-refractivity contribution in [1.29, 1.82) is 0 Å². The smallest absolute Gasteiger partial charge is 0.0771 e. The van der Waals surface area contributed by atoms with E-state index in [4.69, 9.17) is 5.90 Å². The molecular weight excluding hydrogens is 166 g/mol. The fourth-order valence-electron chi connectivity index (χ4n) is 1.08. The van der Waals surface area contributed by atoms with Crippen molar-refractivity contribution < 1.29 is 4.84 Å². The molecule has 0 aromatic carbocycles. The van der Waals surface area contributed by atoms with Crippen LogP contribution in [0.25, 0.3) is 6.20 Å². The highest BCUT2D eigenvalue weighted by atomic mass is 16.6. The van der Waals surface area contributed by atoms with Crippen molar-refractivity contribution in [2.24, 2.45) is 5.90 Å². The Morgan fingerprint density at radius 2 is 2.46 bits per heavy atom. The Bertz CT molecular complexity index is 291. The lowest BCUT2D eigenvalue weighted by Gasteiger charge is -2.20. The number of aromatic nitrogens is 2. The molecule has 0 amide bonds. The van der Waals surface area contributed by atoms with Crippen LogP contribution in [0.5, 0.6) is 0 Å². The molecule has 2 N–H and O–H groups in total. The first-order chi connectivity index (χ1) is 6.10. The van der Waals surface area contributed by atoms with Gasteiger partial charge in [0.2, 0.25) is 0 Å². The molecule has 4 nitrogen and oxygen atoms in total. The Balaban J connectivity index is 2.86. The number of nitrogens with two attached hydrogens (primary N) is 1. The Morgan fingerprint density at radius 3 is 2.92 bits per heavy atom. The number of nitrogens with zero attached hydrogens (tertiary/aromatic N) is 2. The van der Waals surface area contributed by atoms with E-state index in [0.717, 1.165) is 5.56 Å². The first kappa shape index (κ1) is 9.95. The van der Waals surface area contributed by atoms with Gasteiger partial charge in [0, 0.05) is 17.8 Å². The van der Waals surface area contributed by atoms with Gasteiger partial charge in [-0.1, -0.05) is 20.4 Å². The molecule has 1 rings (SSSR count). The van der Waals surface area contributed by atoms with Crippen LogP contribution in [0.15, 0.2) is 19.0 Å². The monoisotopic (exact) mass is 181 g/mol. The normalized spacial score (nSPS) is 11.6. The SMILES string of the molecule is C=Cn1cc(C(C)(C)CON)cn1. The van der Waals surface area contributed by atoms with Crippen LogP contribution in [0.1, 0.15) is 19.4 Å². The van der Waals surface area contributed by atoms with E-state index in [9.17, 15) is 0 Å². The van der Waals surface area contributed by atoms with Gasteiger partial charge < -0.3 is 4.84 Å². The summed E-state index contributed by atoms with van der Waals surface area (Å²) in [4.78, 5) is 4.64. The molecule has 13 heavy (non-hydrogen) atoms. The third kappa shape index (κ3) is 2.17. The number of rotatable bonds is 4. The van der Waals surface area contributed by atoms with E-state index in [1.54, 1.807) is 17.1 Å². The second-order valence-corrected chi connectivity index (χ2v) is 3.59. The Hall–Kier alpha value is -1.13. The molecule has 1 heterocycles. The standard InChI is InChI=1S/C9H15N3O/c1-4-12-6-8(5-11-12)9(2,3)7-13-10/h4-6H,1,7,10H2,2-3H3. The van der Waals surface area contributed by atoms with Crippen molar-refractivity contribution in [3.63, 3.8) is 0 Å². The van der Waals surface area contributed by atoms with E-state index in [1.807, 2.05) is 20.0 Å². The van der Waals surface area contributed by atoms with Crippen LogP contribution in [-0.2, 0) is 10.3 Å². The predicted molar refractivity (Wildman–Crippen MR) is 51.8 cm³/mol. The van der Waals surface area contributed by atoms with Crippen molar-refractivity contribution in [2.45, 2.75) is 19.3 Å². The Morgan fingerprint density at radius 1 is 1.77 bits per heavy atom. The highest BCUT2D eigenvalue weighted by Crippen LogP contribution is 2.22. The predicted octanol–water partition coefficient (Wildman–Crippen LogP) is 1.15. The van der Waals surface area contributed by atoms with Gasteiger partial charge in [0.1, 0.15) is 0 Å². The van der Waals surface area contributed by atoms with Crippen molar-refractivity contribution in [3.05, 3.63) is 24.5 Å². The minimum Gasteiger partial charge on any atom is -0.304 e. The van der Waals surface area contributed by atoms with Crippen LogP contribution in [-0.4, -0.2) is 16.4 Å². The zero-order chi connectivity index (χ0) is 9.90. The maximum absolute atomic E-state index is 5.04. The van der Waals surface area contributed by atoms with Gasteiger partial charge in [-0.2, -0.15) is 5.10 Å². The van der Waals surface area contributed by atoms with Crippen LogP contribution >= 0.6 is 0 Å². The van der Waals surface area contributed by atoms with Crippen molar-refractivity contribution in [2.75, 3.05) is 6.61 Å². The van der Waals surface area contributed by atoms with Crippen molar-refractivity contribution in [1.82, 2.24) is 9.78 Å². The maximum atomic E-state index is 5.04. The van der Waals surface area contributed by atoms with Gasteiger partial charge in [0.15, 0.2) is 0 Å². The van der Waals surface area contributed by atoms with E-state index in [2.05, 4.69) is 16.5 Å². The van der Waals surface area contributed by atoms with Crippen LogP contribution < -0.4 is 5.90 Å². The third-order valence-corrected chi connectivity index (χ3v) is 2.01. The second kappa shape index (κ2) is 3.72. The van der Waals surface area contributed by atoms with Crippen LogP contribution in [0, 0.1) is 0 Å². The first-order valence-electron chi connectivity index (χ1n) is 4.09. The lowest BCUT2D eigenvalue weighted by Crippen LogP contribution is -2.25. The lowest BCUT2D eigenvalue weighted by atomic mass is 9.88. The molecule has 0 fully saturated rings. The van der Waals surface area contributed by atoms with Crippen LogP contribution in [0.3, 0.4) is 0 Å². The molecule has 4 heteroatoms. The largest absolute Gasteiger partial charge is 0.304 e. The summed E-state index contributed by atoms with van der Waals surface area (Å²) in [5.74, 6) is 5.04. The average Bonchev–Trinajstić information content (AvgIpc) is 2.52. The zero-order valence-electron chi connectivity index (χ0n) is 8.03. The molecular formula is C9H15N3O. The highest BCUT2D eigenvalue weighted by Gasteiger charge is 2.22. The molecule has 0 bridgehead atoms. The van der Waals surface area contributed by atoms with Gasteiger partial charge in [0.05, 0.1) is 12.8 Å². The average molecular weight is 181 g/mol. The molecule has 1 aromatic rings. The highest BCUT2D eigenvalue weighted by molar-refractivity contribution is 5.23. The fraction of sp³-hybridized carbons (Fsp3) is 0.444. The molecule has 0 unspecified atom stereocenters. The summed E-state index contributed by atoms with van der Waals surface area (Å²) < 4.78 is 1.66. The van der Waals surface area contributed by atoms with Crippen molar-refractivity contribution in [3.8, 4) is 0 Å². The Labute approximate surface area is 77.9 Å². The Kier molecular flexibility index (Phi) is 2.85. The molecule has 1 aromatic heterocycles. The third-order valence-electron chi connectivity index (χ3n) is 2.01. The van der Waals surface area contributed by atoms with Gasteiger partial charge in [-0.3, -0.25) is 0 Å². The molecule has 0 aliphatic carbocycles. The molecule has 0 aliphatic heterocycles. The summed E-state index contributed by atoms with van der Waals surface area (Å²) in [6.45, 7) is 8.18. The van der Waals surface area contributed by atoms with Crippen LogP contribution in [0.4, 0.5) is 0 Å². The summed E-state index contributed by atoms with van der Waals surface area (Å²) in [5, 5.41) is 4.09. The van der Waals surface area contributed by atoms with E-state index in [1.165, 1.54) is 0 Å². The van der Waals surface area contributed by atoms with Gasteiger partial charge in [0.25, 0.3) is 0 Å². The molecule has 0 atom stereocenters. The minimum absolute atomic E-state index is 0.115. The lowest BCUT2D eigenvalue weighted by molar-refractivity contribution is 0.0964.